The van der Waals surface area contributed by atoms with Crippen molar-refractivity contribution in [2.75, 3.05) is 0 Å². The van der Waals surface area contributed by atoms with Crippen molar-refractivity contribution in [2.45, 2.75) is 0 Å². The van der Waals surface area contributed by atoms with Crippen LogP contribution in [0.2, 0.25) is 0 Å². The number of pyridine rings is 1. The Morgan fingerprint density at radius 1 is 0.938 bits per heavy atom. The fraction of sp³-hybridized carbons (Fsp3) is 0. The molecule has 1 aromatic heterocycles. The van der Waals surface area contributed by atoms with Gasteiger partial charge in [0.15, 0.2) is 0 Å². The first-order chi connectivity index (χ1) is 7.77. The second-order valence-electron chi connectivity index (χ2n) is 3.66. The van der Waals surface area contributed by atoms with Gasteiger partial charge in [-0.2, -0.15) is 0 Å². The van der Waals surface area contributed by atoms with Gasteiger partial charge in [-0.1, -0.05) is 24.3 Å². The zero-order valence-electron chi connectivity index (χ0n) is 8.33. The van der Waals surface area contributed by atoms with Gasteiger partial charge >= 0.3 is 0 Å². The maximum atomic E-state index is 13.7. The summed E-state index contributed by atoms with van der Waals surface area (Å²) in [7, 11) is 0. The summed E-state index contributed by atoms with van der Waals surface area (Å²) in [6.45, 7) is 0. The SMILES string of the molecule is O=c1[nH]c2ccccc2c2c(F)cccc12. The van der Waals surface area contributed by atoms with E-state index in [1.54, 1.807) is 24.3 Å². The minimum Gasteiger partial charge on any atom is -0.321 e. The molecule has 0 fully saturated rings. The average Bonchev–Trinajstić information content (AvgIpc) is 2.30. The molecule has 0 aliphatic heterocycles. The molecule has 3 aromatic rings. The number of fused-ring (bicyclic) bond motifs is 3. The Labute approximate surface area is 90.3 Å². The maximum absolute atomic E-state index is 13.7. The van der Waals surface area contributed by atoms with E-state index in [0.717, 1.165) is 5.39 Å². The Balaban J connectivity index is 2.73. The fourth-order valence-corrected chi connectivity index (χ4v) is 1.99. The van der Waals surface area contributed by atoms with Crippen LogP contribution >= 0.6 is 0 Å². The van der Waals surface area contributed by atoms with Crippen molar-refractivity contribution in [1.82, 2.24) is 4.98 Å². The molecule has 0 saturated carbocycles. The number of aromatic amines is 1. The van der Waals surface area contributed by atoms with E-state index in [2.05, 4.69) is 4.98 Å². The minimum absolute atomic E-state index is 0.256. The normalized spacial score (nSPS) is 11.1. The van der Waals surface area contributed by atoms with Crippen molar-refractivity contribution in [3.8, 4) is 0 Å². The summed E-state index contributed by atoms with van der Waals surface area (Å²) >= 11 is 0. The van der Waals surface area contributed by atoms with Crippen LogP contribution in [0.25, 0.3) is 21.7 Å². The molecular weight excluding hydrogens is 205 g/mol. The molecule has 0 bridgehead atoms. The number of H-pyrrole nitrogens is 1. The number of aromatic nitrogens is 1. The van der Waals surface area contributed by atoms with Gasteiger partial charge in [-0.15, -0.1) is 0 Å². The lowest BCUT2D eigenvalue weighted by Crippen LogP contribution is -2.06. The van der Waals surface area contributed by atoms with Crippen LogP contribution in [0.4, 0.5) is 4.39 Å². The molecule has 0 spiro atoms. The lowest BCUT2D eigenvalue weighted by atomic mass is 10.1. The van der Waals surface area contributed by atoms with E-state index in [4.69, 9.17) is 0 Å². The van der Waals surface area contributed by atoms with E-state index < -0.39 is 0 Å². The summed E-state index contributed by atoms with van der Waals surface area (Å²) < 4.78 is 13.7. The largest absolute Gasteiger partial charge is 0.321 e. The quantitative estimate of drug-likeness (QED) is 0.572. The van der Waals surface area contributed by atoms with Gasteiger partial charge in [0.2, 0.25) is 0 Å². The number of nitrogens with one attached hydrogen (secondary N) is 1. The molecule has 2 aromatic carbocycles. The lowest BCUT2D eigenvalue weighted by molar-refractivity contribution is 0.640. The minimum atomic E-state index is -0.361. The van der Waals surface area contributed by atoms with Crippen LogP contribution in [0.3, 0.4) is 0 Å². The van der Waals surface area contributed by atoms with Gasteiger partial charge in [-0.25, -0.2) is 4.39 Å². The summed E-state index contributed by atoms with van der Waals surface area (Å²) in [5.41, 5.74) is 0.401. The van der Waals surface area contributed by atoms with Crippen molar-refractivity contribution in [3.05, 3.63) is 58.6 Å². The van der Waals surface area contributed by atoms with Gasteiger partial charge in [0.05, 0.1) is 5.39 Å². The Hall–Kier alpha value is -2.16. The second-order valence-corrected chi connectivity index (χ2v) is 3.66. The second kappa shape index (κ2) is 3.17. The first kappa shape index (κ1) is 9.09. The van der Waals surface area contributed by atoms with Crippen molar-refractivity contribution in [1.29, 1.82) is 0 Å². The van der Waals surface area contributed by atoms with Gasteiger partial charge in [0.25, 0.3) is 5.56 Å². The molecule has 1 N–H and O–H groups in total. The number of benzene rings is 2. The van der Waals surface area contributed by atoms with Gasteiger partial charge in [-0.05, 0) is 18.2 Å². The summed E-state index contributed by atoms with van der Waals surface area (Å²) in [6, 6.07) is 11.7. The molecule has 3 rings (SSSR count). The van der Waals surface area contributed by atoms with Gasteiger partial charge < -0.3 is 4.98 Å². The van der Waals surface area contributed by atoms with Crippen LogP contribution < -0.4 is 5.56 Å². The number of para-hydroxylation sites is 1. The van der Waals surface area contributed by atoms with Crippen LogP contribution in [0.15, 0.2) is 47.3 Å². The molecule has 0 saturated heterocycles. The Bertz CT molecular complexity index is 746. The highest BCUT2D eigenvalue weighted by Crippen LogP contribution is 2.23. The molecule has 0 aliphatic rings. The van der Waals surface area contributed by atoms with Gasteiger partial charge in [-0.3, -0.25) is 4.79 Å². The summed E-state index contributed by atoms with van der Waals surface area (Å²) in [4.78, 5) is 14.5. The zero-order valence-corrected chi connectivity index (χ0v) is 8.33. The third-order valence-corrected chi connectivity index (χ3v) is 2.70. The lowest BCUT2D eigenvalue weighted by Gasteiger charge is -2.03. The van der Waals surface area contributed by atoms with Crippen LogP contribution in [-0.4, -0.2) is 4.98 Å². The molecule has 3 heteroatoms. The first-order valence-electron chi connectivity index (χ1n) is 4.96. The summed E-state index contributed by atoms with van der Waals surface area (Å²) in [5, 5.41) is 1.51. The van der Waals surface area contributed by atoms with E-state index in [-0.39, 0.29) is 11.4 Å². The fourth-order valence-electron chi connectivity index (χ4n) is 1.99. The standard InChI is InChI=1S/C13H8FNO/c14-10-6-3-5-9-12(10)8-4-1-2-7-11(8)15-13(9)16/h1-7H,(H,15,16). The Kier molecular flexibility index (Phi) is 1.80. The topological polar surface area (TPSA) is 32.9 Å². The predicted molar refractivity (Wildman–Crippen MR) is 62.0 cm³/mol. The third kappa shape index (κ3) is 1.15. The summed E-state index contributed by atoms with van der Waals surface area (Å²) in [5.74, 6) is -0.361. The number of rotatable bonds is 0. The van der Waals surface area contributed by atoms with Crippen LogP contribution in [0, 0.1) is 5.82 Å². The molecular formula is C13H8FNO. The van der Waals surface area contributed by atoms with Gasteiger partial charge in [0.1, 0.15) is 5.82 Å². The number of hydrogen-bond acceptors (Lipinski definition) is 1. The number of halogens is 1. The van der Waals surface area contributed by atoms with E-state index in [0.29, 0.717) is 16.3 Å². The van der Waals surface area contributed by atoms with Crippen molar-refractivity contribution < 1.29 is 4.39 Å². The van der Waals surface area contributed by atoms with E-state index in [1.807, 2.05) is 12.1 Å². The maximum Gasteiger partial charge on any atom is 0.256 e. The van der Waals surface area contributed by atoms with Crippen molar-refractivity contribution in [2.24, 2.45) is 0 Å². The Morgan fingerprint density at radius 3 is 2.56 bits per heavy atom. The highest BCUT2D eigenvalue weighted by Gasteiger charge is 2.07. The molecule has 0 aliphatic carbocycles. The van der Waals surface area contributed by atoms with Crippen molar-refractivity contribution >= 4 is 21.7 Å². The highest BCUT2D eigenvalue weighted by atomic mass is 19.1. The summed E-state index contributed by atoms with van der Waals surface area (Å²) in [6.07, 6.45) is 0. The smallest absolute Gasteiger partial charge is 0.256 e. The molecule has 16 heavy (non-hydrogen) atoms. The molecule has 0 atom stereocenters. The highest BCUT2D eigenvalue weighted by molar-refractivity contribution is 6.05. The molecule has 0 amide bonds. The third-order valence-electron chi connectivity index (χ3n) is 2.70. The molecule has 2 nitrogen and oxygen atoms in total. The van der Waals surface area contributed by atoms with E-state index in [9.17, 15) is 9.18 Å². The zero-order chi connectivity index (χ0) is 11.1. The molecule has 0 unspecified atom stereocenters. The van der Waals surface area contributed by atoms with Crippen LogP contribution in [-0.2, 0) is 0 Å². The predicted octanol–water partition coefficient (Wildman–Crippen LogP) is 2.82. The average molecular weight is 213 g/mol. The van der Waals surface area contributed by atoms with Crippen molar-refractivity contribution in [3.63, 3.8) is 0 Å². The Morgan fingerprint density at radius 2 is 1.69 bits per heavy atom. The van der Waals surface area contributed by atoms with E-state index in [1.165, 1.54) is 6.07 Å². The molecule has 0 radical (unpaired) electrons. The van der Waals surface area contributed by atoms with E-state index >= 15 is 0 Å². The number of hydrogen-bond donors (Lipinski definition) is 1. The van der Waals surface area contributed by atoms with Crippen LogP contribution in [0.5, 0.6) is 0 Å². The molecule has 78 valence electrons. The first-order valence-corrected chi connectivity index (χ1v) is 4.96. The monoisotopic (exact) mass is 213 g/mol. The van der Waals surface area contributed by atoms with Crippen LogP contribution in [0.1, 0.15) is 0 Å². The molecule has 1 heterocycles. The van der Waals surface area contributed by atoms with Gasteiger partial charge in [0, 0.05) is 16.3 Å².